The molecule has 0 rings (SSSR count). The van der Waals surface area contributed by atoms with Gasteiger partial charge in [-0.25, -0.2) is 0 Å². The fourth-order valence-electron chi connectivity index (χ4n) is 1.18. The van der Waals surface area contributed by atoms with Gasteiger partial charge in [-0.05, 0) is 24.2 Å². The number of aliphatic hydroxyl groups is 1. The van der Waals surface area contributed by atoms with E-state index in [1.165, 1.54) is 12.8 Å². The Morgan fingerprint density at radius 2 is 1.55 bits per heavy atom. The van der Waals surface area contributed by atoms with Crippen LogP contribution in [0.1, 0.15) is 40.5 Å². The van der Waals surface area contributed by atoms with E-state index >= 15 is 0 Å². The average molecular weight is 158 g/mol. The van der Waals surface area contributed by atoms with Gasteiger partial charge in [0.15, 0.2) is 0 Å². The van der Waals surface area contributed by atoms with Crippen LogP contribution < -0.4 is 0 Å². The first-order chi connectivity index (χ1) is 5.07. The van der Waals surface area contributed by atoms with Crippen molar-refractivity contribution in [3.05, 3.63) is 0 Å². The second kappa shape index (κ2) is 5.59. The van der Waals surface area contributed by atoms with Crippen LogP contribution in [0.2, 0.25) is 0 Å². The molecule has 0 bridgehead atoms. The van der Waals surface area contributed by atoms with Crippen LogP contribution in [0.25, 0.3) is 0 Å². The predicted molar refractivity (Wildman–Crippen MR) is 49.5 cm³/mol. The Balaban J connectivity index is 3.52. The minimum absolute atomic E-state index is 0.352. The average Bonchev–Trinajstić information content (AvgIpc) is 1.87. The van der Waals surface area contributed by atoms with Gasteiger partial charge in [-0.15, -0.1) is 0 Å². The van der Waals surface area contributed by atoms with Gasteiger partial charge in [0, 0.05) is 6.61 Å². The standard InChI is InChI=1S/C10H22O/c1-8(2)5-6-10(7-11)9(3)4/h8-11H,5-7H2,1-4H3/t10-/m0/s1. The first kappa shape index (κ1) is 11.0. The van der Waals surface area contributed by atoms with Gasteiger partial charge < -0.3 is 5.11 Å². The molecule has 0 fully saturated rings. The quantitative estimate of drug-likeness (QED) is 0.652. The number of aliphatic hydroxyl groups excluding tert-OH is 1. The van der Waals surface area contributed by atoms with E-state index in [9.17, 15) is 0 Å². The van der Waals surface area contributed by atoms with Crippen molar-refractivity contribution >= 4 is 0 Å². The highest BCUT2D eigenvalue weighted by Crippen LogP contribution is 2.18. The predicted octanol–water partition coefficient (Wildman–Crippen LogP) is 2.69. The number of rotatable bonds is 5. The number of hydrogen-bond acceptors (Lipinski definition) is 1. The molecule has 11 heavy (non-hydrogen) atoms. The lowest BCUT2D eigenvalue weighted by atomic mass is 9.89. The molecule has 1 heteroatoms. The first-order valence-corrected chi connectivity index (χ1v) is 4.68. The Kier molecular flexibility index (Phi) is 5.57. The third-order valence-corrected chi connectivity index (χ3v) is 2.29. The van der Waals surface area contributed by atoms with E-state index in [0.717, 1.165) is 5.92 Å². The molecule has 1 atom stereocenters. The van der Waals surface area contributed by atoms with Gasteiger partial charge in [0.05, 0.1) is 0 Å². The molecule has 0 heterocycles. The summed E-state index contributed by atoms with van der Waals surface area (Å²) in [6.45, 7) is 9.18. The van der Waals surface area contributed by atoms with Crippen molar-refractivity contribution in [2.75, 3.05) is 6.61 Å². The molecule has 0 unspecified atom stereocenters. The Morgan fingerprint density at radius 1 is 1.00 bits per heavy atom. The van der Waals surface area contributed by atoms with Gasteiger partial charge in [-0.2, -0.15) is 0 Å². The maximum atomic E-state index is 9.01. The van der Waals surface area contributed by atoms with Crippen LogP contribution in [0.3, 0.4) is 0 Å². The van der Waals surface area contributed by atoms with Crippen LogP contribution in [0.5, 0.6) is 0 Å². The number of hydrogen-bond donors (Lipinski definition) is 1. The summed E-state index contributed by atoms with van der Waals surface area (Å²) < 4.78 is 0. The Morgan fingerprint density at radius 3 is 1.82 bits per heavy atom. The molecule has 0 aliphatic rings. The maximum absolute atomic E-state index is 9.01. The molecule has 0 amide bonds. The highest BCUT2D eigenvalue weighted by atomic mass is 16.3. The summed E-state index contributed by atoms with van der Waals surface area (Å²) in [5, 5.41) is 9.01. The summed E-state index contributed by atoms with van der Waals surface area (Å²) in [6.07, 6.45) is 2.41. The van der Waals surface area contributed by atoms with Crippen molar-refractivity contribution < 1.29 is 5.11 Å². The third-order valence-electron chi connectivity index (χ3n) is 2.29. The lowest BCUT2D eigenvalue weighted by molar-refractivity contribution is 0.175. The minimum Gasteiger partial charge on any atom is -0.396 e. The third kappa shape index (κ3) is 5.25. The summed E-state index contributed by atoms with van der Waals surface area (Å²) in [7, 11) is 0. The van der Waals surface area contributed by atoms with Crippen molar-refractivity contribution in [3.8, 4) is 0 Å². The van der Waals surface area contributed by atoms with Gasteiger partial charge in [0.25, 0.3) is 0 Å². The Bertz CT molecular complexity index is 86.9. The second-order valence-corrected chi connectivity index (χ2v) is 4.16. The zero-order valence-corrected chi connectivity index (χ0v) is 8.30. The highest BCUT2D eigenvalue weighted by Gasteiger charge is 2.11. The summed E-state index contributed by atoms with van der Waals surface area (Å²) in [4.78, 5) is 0. The van der Waals surface area contributed by atoms with Crippen LogP contribution in [-0.4, -0.2) is 11.7 Å². The molecular weight excluding hydrogens is 136 g/mol. The Labute approximate surface area is 70.8 Å². The molecule has 0 aromatic carbocycles. The van der Waals surface area contributed by atoms with E-state index in [-0.39, 0.29) is 0 Å². The smallest absolute Gasteiger partial charge is 0.0461 e. The van der Waals surface area contributed by atoms with Gasteiger partial charge in [0.1, 0.15) is 0 Å². The fourth-order valence-corrected chi connectivity index (χ4v) is 1.18. The van der Waals surface area contributed by atoms with Crippen LogP contribution in [-0.2, 0) is 0 Å². The van der Waals surface area contributed by atoms with E-state index in [2.05, 4.69) is 27.7 Å². The van der Waals surface area contributed by atoms with Crippen molar-refractivity contribution in [2.45, 2.75) is 40.5 Å². The van der Waals surface area contributed by atoms with E-state index in [1.54, 1.807) is 0 Å². The van der Waals surface area contributed by atoms with Crippen LogP contribution in [0.4, 0.5) is 0 Å². The maximum Gasteiger partial charge on any atom is 0.0461 e. The SMILES string of the molecule is CC(C)CC[C@@H](CO)C(C)C. The monoisotopic (exact) mass is 158 g/mol. The zero-order chi connectivity index (χ0) is 8.85. The van der Waals surface area contributed by atoms with E-state index < -0.39 is 0 Å². The van der Waals surface area contributed by atoms with Crippen LogP contribution in [0, 0.1) is 17.8 Å². The molecule has 0 saturated carbocycles. The summed E-state index contributed by atoms with van der Waals surface area (Å²) >= 11 is 0. The summed E-state index contributed by atoms with van der Waals surface area (Å²) in [5.41, 5.74) is 0. The zero-order valence-electron chi connectivity index (χ0n) is 8.30. The van der Waals surface area contributed by atoms with Crippen molar-refractivity contribution in [3.63, 3.8) is 0 Å². The second-order valence-electron chi connectivity index (χ2n) is 4.16. The molecule has 0 saturated heterocycles. The lowest BCUT2D eigenvalue weighted by Crippen LogP contribution is -2.13. The van der Waals surface area contributed by atoms with Gasteiger partial charge in [-0.1, -0.05) is 34.1 Å². The molecule has 0 aromatic heterocycles. The van der Waals surface area contributed by atoms with Crippen molar-refractivity contribution in [1.29, 1.82) is 0 Å². The first-order valence-electron chi connectivity index (χ1n) is 4.68. The molecule has 0 aliphatic carbocycles. The molecule has 68 valence electrons. The van der Waals surface area contributed by atoms with Gasteiger partial charge in [-0.3, -0.25) is 0 Å². The van der Waals surface area contributed by atoms with Crippen LogP contribution >= 0.6 is 0 Å². The molecular formula is C10H22O. The van der Waals surface area contributed by atoms with Gasteiger partial charge in [0.2, 0.25) is 0 Å². The fraction of sp³-hybridized carbons (Fsp3) is 1.00. The normalized spacial score (nSPS) is 14.5. The molecule has 0 aliphatic heterocycles. The summed E-state index contributed by atoms with van der Waals surface area (Å²) in [5.74, 6) is 1.90. The molecule has 1 N–H and O–H groups in total. The lowest BCUT2D eigenvalue weighted by Gasteiger charge is -2.18. The topological polar surface area (TPSA) is 20.2 Å². The van der Waals surface area contributed by atoms with Crippen LogP contribution in [0.15, 0.2) is 0 Å². The molecule has 1 nitrogen and oxygen atoms in total. The van der Waals surface area contributed by atoms with Crippen molar-refractivity contribution in [1.82, 2.24) is 0 Å². The summed E-state index contributed by atoms with van der Waals surface area (Å²) in [6, 6.07) is 0. The highest BCUT2D eigenvalue weighted by molar-refractivity contribution is 4.62. The largest absolute Gasteiger partial charge is 0.396 e. The molecule has 0 spiro atoms. The van der Waals surface area contributed by atoms with E-state index in [1.807, 2.05) is 0 Å². The van der Waals surface area contributed by atoms with E-state index in [4.69, 9.17) is 5.11 Å². The van der Waals surface area contributed by atoms with E-state index in [0.29, 0.717) is 18.4 Å². The molecule has 0 radical (unpaired) electrons. The molecule has 0 aromatic rings. The minimum atomic E-state index is 0.352. The van der Waals surface area contributed by atoms with Gasteiger partial charge >= 0.3 is 0 Å². The Hall–Kier alpha value is -0.0400. The van der Waals surface area contributed by atoms with Crippen molar-refractivity contribution in [2.24, 2.45) is 17.8 Å².